The topological polar surface area (TPSA) is 129 Å². The largest absolute Gasteiger partial charge is 0.490 e. The fourth-order valence-corrected chi connectivity index (χ4v) is 2.85. The van der Waals surface area contributed by atoms with Crippen molar-refractivity contribution in [1.29, 1.82) is 0 Å². The number of nitrogens with zero attached hydrogens (tertiary/aromatic N) is 2. The van der Waals surface area contributed by atoms with Gasteiger partial charge in [0.2, 0.25) is 5.66 Å². The zero-order chi connectivity index (χ0) is 15.9. The lowest BCUT2D eigenvalue weighted by molar-refractivity contribution is -0.436. The number of hydrogen-bond acceptors (Lipinski definition) is 7. The van der Waals surface area contributed by atoms with Crippen LogP contribution in [0.25, 0.3) is 0 Å². The minimum Gasteiger partial charge on any atom is -0.490 e. The number of guanidine groups is 1. The second kappa shape index (κ2) is 4.95. The van der Waals surface area contributed by atoms with Gasteiger partial charge >= 0.3 is 5.70 Å². The summed E-state index contributed by atoms with van der Waals surface area (Å²) < 4.78 is 19.2. The van der Waals surface area contributed by atoms with Crippen LogP contribution in [0.2, 0.25) is 0 Å². The van der Waals surface area contributed by atoms with E-state index in [4.69, 9.17) is 16.2 Å². The molecule has 0 radical (unpaired) electrons. The molecule has 0 bridgehead atoms. The van der Waals surface area contributed by atoms with Gasteiger partial charge in [-0.25, -0.2) is 9.38 Å². The minimum atomic E-state index is -1.69. The van der Waals surface area contributed by atoms with Crippen molar-refractivity contribution < 1.29 is 14.1 Å². The number of ether oxygens (including phenoxy) is 1. The van der Waals surface area contributed by atoms with E-state index in [9.17, 15) is 14.5 Å². The van der Waals surface area contributed by atoms with Gasteiger partial charge in [0.15, 0.2) is 17.5 Å². The molecule has 0 aromatic heterocycles. The average Bonchev–Trinajstić information content (AvgIpc) is 2.46. The molecule has 116 valence electrons. The van der Waals surface area contributed by atoms with Gasteiger partial charge < -0.3 is 15.8 Å². The Hall–Kier alpha value is -2.68. The number of benzene rings is 1. The summed E-state index contributed by atoms with van der Waals surface area (Å²) in [6.45, 7) is 0.186. The van der Waals surface area contributed by atoms with Gasteiger partial charge in [-0.1, -0.05) is 12.1 Å². The fraction of sp³-hybridized carbons (Fsp3) is 0.308. The third-order valence-corrected chi connectivity index (χ3v) is 3.83. The molecule has 0 saturated heterocycles. The third-order valence-electron chi connectivity index (χ3n) is 3.83. The number of hydrogen-bond donors (Lipinski definition) is 3. The van der Waals surface area contributed by atoms with Crippen LogP contribution in [0.3, 0.4) is 0 Å². The average molecular weight is 307 g/mol. The molecule has 5 N–H and O–H groups in total. The summed E-state index contributed by atoms with van der Waals surface area (Å²) in [5, 5.41) is 13.8. The molecule has 2 unspecified atom stereocenters. The van der Waals surface area contributed by atoms with Gasteiger partial charge in [-0.15, -0.1) is 0 Å². The van der Waals surface area contributed by atoms with E-state index in [1.807, 2.05) is 0 Å². The summed E-state index contributed by atoms with van der Waals surface area (Å²) in [4.78, 5) is 14.7. The normalized spacial score (nSPS) is 26.9. The lowest BCUT2D eigenvalue weighted by atomic mass is 9.80. The predicted octanol–water partition coefficient (Wildman–Crippen LogP) is 0.383. The maximum Gasteiger partial charge on any atom is 0.304 e. The standard InChI is InChI=1S/C13H14FN5O3/c14-9-3-1-2-7-8(4-5-22-11(7)9)13(16)10(19(20)21)6-17-12(15)18-13/h1-3,6,8H,4-5,16H2,(H3,15,17,18). The molecular weight excluding hydrogens is 293 g/mol. The van der Waals surface area contributed by atoms with Gasteiger partial charge in [0, 0.05) is 11.5 Å². The van der Waals surface area contributed by atoms with Crippen molar-refractivity contribution in [3.05, 3.63) is 51.6 Å². The van der Waals surface area contributed by atoms with Crippen molar-refractivity contribution in [2.75, 3.05) is 6.61 Å². The molecule has 2 aliphatic heterocycles. The van der Waals surface area contributed by atoms with Crippen LogP contribution in [0.1, 0.15) is 17.9 Å². The molecular formula is C13H14FN5O3. The highest BCUT2D eigenvalue weighted by Gasteiger charge is 2.50. The number of nitrogens with one attached hydrogen (secondary N) is 1. The summed E-state index contributed by atoms with van der Waals surface area (Å²) in [5.74, 6) is -1.14. The Kier molecular flexibility index (Phi) is 3.21. The Bertz CT molecular complexity index is 705. The summed E-state index contributed by atoms with van der Waals surface area (Å²) in [5.41, 5.74) is 10.3. The molecule has 8 nitrogen and oxygen atoms in total. The monoisotopic (exact) mass is 307 g/mol. The van der Waals surface area contributed by atoms with Crippen LogP contribution < -0.4 is 21.5 Å². The molecule has 0 saturated carbocycles. The number of nitro groups is 1. The first-order chi connectivity index (χ1) is 10.4. The van der Waals surface area contributed by atoms with E-state index in [0.717, 1.165) is 6.20 Å². The predicted molar refractivity (Wildman–Crippen MR) is 76.0 cm³/mol. The molecule has 2 heterocycles. The van der Waals surface area contributed by atoms with E-state index < -0.39 is 22.3 Å². The Morgan fingerprint density at radius 2 is 2.32 bits per heavy atom. The van der Waals surface area contributed by atoms with Crippen LogP contribution in [0, 0.1) is 15.9 Å². The number of para-hydroxylation sites is 1. The van der Waals surface area contributed by atoms with Gasteiger partial charge in [0.1, 0.15) is 0 Å². The Labute approximate surface area is 124 Å². The van der Waals surface area contributed by atoms with Crippen LogP contribution in [-0.2, 0) is 0 Å². The highest BCUT2D eigenvalue weighted by atomic mass is 19.1. The van der Waals surface area contributed by atoms with E-state index >= 15 is 0 Å². The highest BCUT2D eigenvalue weighted by Crippen LogP contribution is 2.44. The van der Waals surface area contributed by atoms with E-state index in [0.29, 0.717) is 12.0 Å². The summed E-state index contributed by atoms with van der Waals surface area (Å²) in [6, 6.07) is 4.39. The number of aliphatic imine (C=N–C) groups is 1. The second-order valence-electron chi connectivity index (χ2n) is 5.10. The zero-order valence-corrected chi connectivity index (χ0v) is 11.5. The molecule has 0 aliphatic carbocycles. The molecule has 3 rings (SSSR count). The number of nitrogens with two attached hydrogens (primary N) is 2. The van der Waals surface area contributed by atoms with Crippen molar-refractivity contribution >= 4 is 5.96 Å². The summed E-state index contributed by atoms with van der Waals surface area (Å²) >= 11 is 0. The zero-order valence-electron chi connectivity index (χ0n) is 11.5. The third kappa shape index (κ3) is 2.06. The molecule has 0 spiro atoms. The van der Waals surface area contributed by atoms with Crippen molar-refractivity contribution in [2.45, 2.75) is 18.0 Å². The van der Waals surface area contributed by atoms with Gasteiger partial charge in [0.05, 0.1) is 17.7 Å². The van der Waals surface area contributed by atoms with Gasteiger partial charge in [-0.3, -0.25) is 15.8 Å². The quantitative estimate of drug-likeness (QED) is 0.535. The first-order valence-corrected chi connectivity index (χ1v) is 6.60. The number of fused-ring (bicyclic) bond motifs is 1. The van der Waals surface area contributed by atoms with E-state index in [1.165, 1.54) is 12.1 Å². The Morgan fingerprint density at radius 1 is 1.55 bits per heavy atom. The van der Waals surface area contributed by atoms with Gasteiger partial charge in [-0.05, 0) is 12.5 Å². The van der Waals surface area contributed by atoms with Crippen LogP contribution in [0.5, 0.6) is 5.75 Å². The van der Waals surface area contributed by atoms with E-state index in [-0.39, 0.29) is 24.0 Å². The molecule has 0 fully saturated rings. The second-order valence-corrected chi connectivity index (χ2v) is 5.10. The number of rotatable bonds is 2. The summed E-state index contributed by atoms with van der Waals surface area (Å²) in [6.07, 6.45) is 1.48. The molecule has 2 aliphatic rings. The molecule has 1 aromatic rings. The van der Waals surface area contributed by atoms with Crippen LogP contribution in [0.15, 0.2) is 35.1 Å². The maximum absolute atomic E-state index is 13.9. The lowest BCUT2D eigenvalue weighted by Crippen LogP contribution is -2.54. The van der Waals surface area contributed by atoms with Crippen molar-refractivity contribution in [1.82, 2.24) is 5.32 Å². The lowest BCUT2D eigenvalue weighted by Gasteiger charge is -2.36. The SMILES string of the molecule is NC1=NC(N)(C2CCOc3c(F)cccc32)C([N+](=O)[O-])=CN1. The van der Waals surface area contributed by atoms with Crippen LogP contribution in [0.4, 0.5) is 4.39 Å². The maximum atomic E-state index is 13.9. The molecule has 22 heavy (non-hydrogen) atoms. The number of halogens is 1. The fourth-order valence-electron chi connectivity index (χ4n) is 2.85. The molecule has 9 heteroatoms. The minimum absolute atomic E-state index is 0.0301. The van der Waals surface area contributed by atoms with Crippen molar-refractivity contribution in [2.24, 2.45) is 16.5 Å². The Balaban J connectivity index is 2.14. The van der Waals surface area contributed by atoms with Gasteiger partial charge in [-0.2, -0.15) is 0 Å². The van der Waals surface area contributed by atoms with E-state index in [2.05, 4.69) is 10.3 Å². The molecule has 2 atom stereocenters. The molecule has 1 aromatic carbocycles. The Morgan fingerprint density at radius 3 is 3.05 bits per heavy atom. The first kappa shape index (κ1) is 14.3. The summed E-state index contributed by atoms with van der Waals surface area (Å²) in [7, 11) is 0. The van der Waals surface area contributed by atoms with Crippen LogP contribution in [-0.4, -0.2) is 23.2 Å². The first-order valence-electron chi connectivity index (χ1n) is 6.60. The van der Waals surface area contributed by atoms with Gasteiger partial charge in [0.25, 0.3) is 0 Å². The highest BCUT2D eigenvalue weighted by molar-refractivity contribution is 5.81. The van der Waals surface area contributed by atoms with Crippen LogP contribution >= 0.6 is 0 Å². The van der Waals surface area contributed by atoms with Crippen molar-refractivity contribution in [3.8, 4) is 5.75 Å². The smallest absolute Gasteiger partial charge is 0.304 e. The van der Waals surface area contributed by atoms with E-state index in [1.54, 1.807) is 6.07 Å². The van der Waals surface area contributed by atoms with Crippen molar-refractivity contribution in [3.63, 3.8) is 0 Å². The molecule has 0 amide bonds.